The van der Waals surface area contributed by atoms with Gasteiger partial charge in [-0.25, -0.2) is 0 Å². The Morgan fingerprint density at radius 1 is 0.311 bits per heavy atom. The number of hydrogen-bond acceptors (Lipinski definition) is 2. The van der Waals surface area contributed by atoms with Crippen LogP contribution in [0.4, 0.5) is 0 Å². The molecule has 7 aromatic carbocycles. The summed E-state index contributed by atoms with van der Waals surface area (Å²) >= 11 is 3.81. The van der Waals surface area contributed by atoms with E-state index in [0.29, 0.717) is 0 Å². The minimum Gasteiger partial charge on any atom is -0.309 e. The highest BCUT2D eigenvalue weighted by Gasteiger charge is 2.22. The van der Waals surface area contributed by atoms with E-state index >= 15 is 0 Å². The zero-order chi connectivity index (χ0) is 42.0. The molecule has 0 saturated heterocycles. The molecule has 5 heteroatoms. The lowest BCUT2D eigenvalue weighted by atomic mass is 10.1. The van der Waals surface area contributed by atoms with Gasteiger partial charge in [-0.05, 0) is 96.1 Å². The van der Waals surface area contributed by atoms with Crippen molar-refractivity contribution in [2.75, 3.05) is 0 Å². The number of fused-ring (bicyclic) bond motifs is 9. The fourth-order valence-electron chi connectivity index (χ4n) is 8.65. The Labute approximate surface area is 363 Å². The van der Waals surface area contributed by atoms with Gasteiger partial charge in [0.2, 0.25) is 0 Å². The predicted molar refractivity (Wildman–Crippen MR) is 268 cm³/mol. The van der Waals surface area contributed by atoms with Crippen LogP contribution in [0.25, 0.3) is 102 Å². The molecule has 292 valence electrons. The lowest BCUT2D eigenvalue weighted by Gasteiger charge is -2.08. The molecule has 5 heterocycles. The molecule has 12 rings (SSSR count). The van der Waals surface area contributed by atoms with Crippen molar-refractivity contribution in [1.82, 2.24) is 13.7 Å². The summed E-state index contributed by atoms with van der Waals surface area (Å²) in [7, 11) is 0. The van der Waals surface area contributed by atoms with Gasteiger partial charge in [-0.15, -0.1) is 61.8 Å². The van der Waals surface area contributed by atoms with Gasteiger partial charge in [0, 0.05) is 48.4 Å². The van der Waals surface area contributed by atoms with E-state index < -0.39 is 0 Å². The number of benzene rings is 7. The quantitative estimate of drug-likeness (QED) is 0.121. The molecule has 0 N–H and O–H groups in total. The topological polar surface area (TPSA) is 14.8 Å². The molecular formula is C56H41N3S2. The highest BCUT2D eigenvalue weighted by atomic mass is 32.1. The molecule has 0 unspecified atom stereocenters. The van der Waals surface area contributed by atoms with Crippen LogP contribution in [0.3, 0.4) is 0 Å². The fourth-order valence-corrected chi connectivity index (χ4v) is 11.1. The Morgan fingerprint density at radius 3 is 1.00 bits per heavy atom. The Morgan fingerprint density at radius 2 is 0.623 bits per heavy atom. The first-order chi connectivity index (χ1) is 30.3. The van der Waals surface area contributed by atoms with Crippen molar-refractivity contribution in [2.45, 2.75) is 0 Å². The summed E-state index contributed by atoms with van der Waals surface area (Å²) in [5.74, 6) is 0. The molecule has 3 nitrogen and oxygen atoms in total. The van der Waals surface area contributed by atoms with E-state index in [2.05, 4.69) is 241 Å². The van der Waals surface area contributed by atoms with Gasteiger partial charge in [-0.2, -0.15) is 0 Å². The standard InChI is InChI=1S/C50H31N3S2.2C2H4.C2H2/c1-4-14-34(15-5-1)51-41-22-12-10-20-37(41)39-28-32(24-26-43(39)51)47-30-45-49(54-47)50-46(53(45)36-18-8-3-9-19-36)31-48(55-50)33-25-27-44-40(29-33)38-21-11-13-23-42(38)52(44)35-16-6-2-7-17-35;3*1-2/h1-31H;2*1-2H2;1-2H. The van der Waals surface area contributed by atoms with Gasteiger partial charge >= 0.3 is 0 Å². The minimum atomic E-state index is 1.18. The molecule has 0 aliphatic carbocycles. The fraction of sp³-hybridized carbons (Fsp3) is 0. The molecule has 12 aromatic rings. The maximum absolute atomic E-state index is 4.00. The molecule has 5 aromatic heterocycles. The first kappa shape index (κ1) is 38.9. The van der Waals surface area contributed by atoms with Gasteiger partial charge in [0.05, 0.1) is 42.5 Å². The van der Waals surface area contributed by atoms with E-state index in [1.807, 2.05) is 22.7 Å². The average Bonchev–Trinajstić information content (AvgIpc) is 4.16. The summed E-state index contributed by atoms with van der Waals surface area (Å²) in [6.07, 6.45) is 8.00. The van der Waals surface area contributed by atoms with Gasteiger partial charge in [-0.3, -0.25) is 0 Å². The highest BCUT2D eigenvalue weighted by molar-refractivity contribution is 7.30. The number of nitrogens with zero attached hydrogens (tertiary/aromatic N) is 3. The maximum atomic E-state index is 4.00. The van der Waals surface area contributed by atoms with Crippen molar-refractivity contribution < 1.29 is 0 Å². The van der Waals surface area contributed by atoms with Crippen molar-refractivity contribution in [3.05, 3.63) is 214 Å². The van der Waals surface area contributed by atoms with Crippen LogP contribution in [0.2, 0.25) is 0 Å². The predicted octanol–water partition coefficient (Wildman–Crippen LogP) is 16.3. The van der Waals surface area contributed by atoms with Crippen LogP contribution < -0.4 is 0 Å². The number of aromatic nitrogens is 3. The second-order valence-electron chi connectivity index (χ2n) is 14.2. The van der Waals surface area contributed by atoms with Crippen LogP contribution in [0.15, 0.2) is 214 Å². The van der Waals surface area contributed by atoms with E-state index in [4.69, 9.17) is 0 Å². The zero-order valence-electron chi connectivity index (χ0n) is 33.5. The lowest BCUT2D eigenvalue weighted by molar-refractivity contribution is 1.18. The summed E-state index contributed by atoms with van der Waals surface area (Å²) in [6, 6.07) is 68.6. The third-order valence-electron chi connectivity index (χ3n) is 11.1. The Hall–Kier alpha value is -7.62. The third kappa shape index (κ3) is 6.38. The average molecular weight is 820 g/mol. The summed E-state index contributed by atoms with van der Waals surface area (Å²) in [4.78, 5) is 2.56. The van der Waals surface area contributed by atoms with E-state index in [1.54, 1.807) is 0 Å². The Balaban J connectivity index is 0.000000763. The van der Waals surface area contributed by atoms with Crippen LogP contribution in [0, 0.1) is 12.8 Å². The van der Waals surface area contributed by atoms with Crippen LogP contribution in [-0.2, 0) is 0 Å². The zero-order valence-corrected chi connectivity index (χ0v) is 35.2. The van der Waals surface area contributed by atoms with Crippen molar-refractivity contribution >= 4 is 86.7 Å². The second-order valence-corrected chi connectivity index (χ2v) is 16.3. The molecule has 0 radical (unpaired) electrons. The number of thiophene rings is 2. The molecular weight excluding hydrogens is 779 g/mol. The number of terminal acetylenes is 1. The van der Waals surface area contributed by atoms with Gasteiger partial charge in [-0.1, -0.05) is 103 Å². The van der Waals surface area contributed by atoms with Gasteiger partial charge in [0.15, 0.2) is 0 Å². The molecule has 0 aliphatic rings. The van der Waals surface area contributed by atoms with Crippen LogP contribution in [-0.4, -0.2) is 13.7 Å². The van der Waals surface area contributed by atoms with Crippen molar-refractivity contribution in [3.8, 4) is 50.8 Å². The first-order valence-corrected chi connectivity index (χ1v) is 21.6. The van der Waals surface area contributed by atoms with Gasteiger partial charge in [0.25, 0.3) is 0 Å². The lowest BCUT2D eigenvalue weighted by Crippen LogP contribution is -1.92. The molecule has 0 atom stereocenters. The van der Waals surface area contributed by atoms with Crippen molar-refractivity contribution in [3.63, 3.8) is 0 Å². The normalized spacial score (nSPS) is 11.0. The Kier molecular flexibility index (Phi) is 10.6. The van der Waals surface area contributed by atoms with Crippen LogP contribution in [0.1, 0.15) is 0 Å². The largest absolute Gasteiger partial charge is 0.309 e. The molecule has 0 spiro atoms. The van der Waals surface area contributed by atoms with E-state index in [9.17, 15) is 0 Å². The molecule has 0 aliphatic heterocycles. The molecule has 0 fully saturated rings. The van der Waals surface area contributed by atoms with E-state index in [-0.39, 0.29) is 0 Å². The first-order valence-electron chi connectivity index (χ1n) is 19.9. The number of rotatable bonds is 5. The molecule has 0 bridgehead atoms. The summed E-state index contributed by atoms with van der Waals surface area (Å²) < 4.78 is 9.90. The monoisotopic (exact) mass is 819 g/mol. The second kappa shape index (κ2) is 16.6. The molecule has 0 saturated carbocycles. The van der Waals surface area contributed by atoms with Crippen molar-refractivity contribution in [1.29, 1.82) is 0 Å². The maximum Gasteiger partial charge on any atom is 0.0711 e. The SMILES string of the molecule is C#C.C=C.C=C.c1ccc(-n2c3ccccc3c3cc(-c4cc5c(s4)c4sc(-c6ccc7c(c6)c6ccccc6n7-c6ccccc6)cc4n5-c4ccccc4)ccc32)cc1. The van der Waals surface area contributed by atoms with E-state index in [1.165, 1.54) is 102 Å². The van der Waals surface area contributed by atoms with E-state index in [0.717, 1.165) is 0 Å². The highest BCUT2D eigenvalue weighted by Crippen LogP contribution is 2.48. The summed E-state index contributed by atoms with van der Waals surface area (Å²) in [5.41, 5.74) is 13.4. The molecule has 61 heavy (non-hydrogen) atoms. The van der Waals surface area contributed by atoms with Gasteiger partial charge in [0.1, 0.15) is 0 Å². The minimum absolute atomic E-state index is 1.18. The van der Waals surface area contributed by atoms with Crippen molar-refractivity contribution in [2.24, 2.45) is 0 Å². The summed E-state index contributed by atoms with van der Waals surface area (Å²) in [6.45, 7) is 12.0. The Bertz CT molecular complexity index is 3290. The van der Waals surface area contributed by atoms with Crippen LogP contribution >= 0.6 is 22.7 Å². The summed E-state index contributed by atoms with van der Waals surface area (Å²) in [5, 5.41) is 5.08. The third-order valence-corrected chi connectivity index (χ3v) is 13.6. The van der Waals surface area contributed by atoms with Crippen LogP contribution in [0.5, 0.6) is 0 Å². The molecule has 0 amide bonds. The smallest absolute Gasteiger partial charge is 0.0711 e. The number of hydrogen-bond donors (Lipinski definition) is 0. The number of para-hydroxylation sites is 5. The van der Waals surface area contributed by atoms with Gasteiger partial charge < -0.3 is 13.7 Å².